The first-order valence-corrected chi connectivity index (χ1v) is 7.93. The number of rotatable bonds is 4. The van der Waals surface area contributed by atoms with E-state index in [0.29, 0.717) is 6.04 Å². The average Bonchev–Trinajstić information content (AvgIpc) is 2.86. The standard InChI is InChI=1S/C16H25N5/c1-12(2)20(11-14-4-6-17-7-5-14)16-15-10-13(3)19-21(15)9-8-18-16/h8-10,12,14,17H,4-7,11H2,1-3H3. The van der Waals surface area contributed by atoms with E-state index in [2.05, 4.69) is 40.2 Å². The first-order valence-electron chi connectivity index (χ1n) is 7.93. The monoisotopic (exact) mass is 287 g/mol. The average molecular weight is 287 g/mol. The zero-order chi connectivity index (χ0) is 14.8. The Balaban J connectivity index is 1.91. The lowest BCUT2D eigenvalue weighted by molar-refractivity contribution is 0.367. The number of anilines is 1. The molecule has 21 heavy (non-hydrogen) atoms. The number of aryl methyl sites for hydroxylation is 1. The molecule has 0 amide bonds. The Morgan fingerprint density at radius 2 is 2.14 bits per heavy atom. The van der Waals surface area contributed by atoms with E-state index in [0.717, 1.165) is 42.6 Å². The molecule has 0 aromatic carbocycles. The summed E-state index contributed by atoms with van der Waals surface area (Å²) in [6.07, 6.45) is 6.29. The molecule has 0 aliphatic carbocycles. The van der Waals surface area contributed by atoms with Crippen molar-refractivity contribution in [1.29, 1.82) is 0 Å². The lowest BCUT2D eigenvalue weighted by Gasteiger charge is -2.33. The van der Waals surface area contributed by atoms with Crippen LogP contribution in [0.25, 0.3) is 5.52 Å². The second-order valence-corrected chi connectivity index (χ2v) is 6.31. The van der Waals surface area contributed by atoms with Gasteiger partial charge in [0.1, 0.15) is 5.52 Å². The van der Waals surface area contributed by atoms with Crippen LogP contribution in [0, 0.1) is 12.8 Å². The van der Waals surface area contributed by atoms with Gasteiger partial charge in [0.05, 0.1) is 5.69 Å². The molecule has 1 aliphatic rings. The summed E-state index contributed by atoms with van der Waals surface area (Å²) in [4.78, 5) is 7.09. The SMILES string of the molecule is Cc1cc2c(N(CC3CCNCC3)C(C)C)nccn2n1. The van der Waals surface area contributed by atoms with E-state index >= 15 is 0 Å². The maximum Gasteiger partial charge on any atom is 0.154 e. The van der Waals surface area contributed by atoms with Crippen molar-refractivity contribution >= 4 is 11.3 Å². The van der Waals surface area contributed by atoms with Crippen LogP contribution in [0.5, 0.6) is 0 Å². The summed E-state index contributed by atoms with van der Waals surface area (Å²) in [5.74, 6) is 1.81. The second-order valence-electron chi connectivity index (χ2n) is 6.31. The third kappa shape index (κ3) is 3.02. The largest absolute Gasteiger partial charge is 0.352 e. The second kappa shape index (κ2) is 6.02. The third-order valence-corrected chi connectivity index (χ3v) is 4.30. The minimum absolute atomic E-state index is 0.439. The van der Waals surface area contributed by atoms with E-state index in [-0.39, 0.29) is 0 Å². The van der Waals surface area contributed by atoms with Crippen LogP contribution in [0.1, 0.15) is 32.4 Å². The van der Waals surface area contributed by atoms with E-state index < -0.39 is 0 Å². The smallest absolute Gasteiger partial charge is 0.154 e. The van der Waals surface area contributed by atoms with Gasteiger partial charge in [-0.25, -0.2) is 9.50 Å². The zero-order valence-electron chi connectivity index (χ0n) is 13.2. The number of hydrogen-bond acceptors (Lipinski definition) is 4. The molecule has 1 N–H and O–H groups in total. The number of nitrogens with one attached hydrogen (secondary N) is 1. The van der Waals surface area contributed by atoms with Gasteiger partial charge in [-0.1, -0.05) is 0 Å². The molecular weight excluding hydrogens is 262 g/mol. The van der Waals surface area contributed by atoms with Gasteiger partial charge in [0.2, 0.25) is 0 Å². The number of hydrogen-bond donors (Lipinski definition) is 1. The van der Waals surface area contributed by atoms with Gasteiger partial charge in [0, 0.05) is 25.0 Å². The molecule has 5 heteroatoms. The van der Waals surface area contributed by atoms with Crippen molar-refractivity contribution in [1.82, 2.24) is 19.9 Å². The number of aromatic nitrogens is 3. The summed E-state index contributed by atoms with van der Waals surface area (Å²) in [5, 5.41) is 7.94. The molecule has 2 aromatic heterocycles. The summed E-state index contributed by atoms with van der Waals surface area (Å²) in [6.45, 7) is 9.88. The zero-order valence-corrected chi connectivity index (χ0v) is 13.2. The van der Waals surface area contributed by atoms with Gasteiger partial charge in [0.25, 0.3) is 0 Å². The van der Waals surface area contributed by atoms with Crippen LogP contribution in [0.4, 0.5) is 5.82 Å². The van der Waals surface area contributed by atoms with Gasteiger partial charge < -0.3 is 10.2 Å². The Bertz CT molecular complexity index is 598. The van der Waals surface area contributed by atoms with Gasteiger partial charge in [-0.05, 0) is 58.7 Å². The molecule has 0 radical (unpaired) electrons. The molecule has 2 aromatic rings. The van der Waals surface area contributed by atoms with Crippen LogP contribution < -0.4 is 10.2 Å². The fourth-order valence-electron chi connectivity index (χ4n) is 3.14. The predicted molar refractivity (Wildman–Crippen MR) is 85.8 cm³/mol. The van der Waals surface area contributed by atoms with E-state index in [9.17, 15) is 0 Å². The summed E-state index contributed by atoms with van der Waals surface area (Å²) in [7, 11) is 0. The molecular formula is C16H25N5. The Morgan fingerprint density at radius 3 is 2.86 bits per heavy atom. The highest BCUT2D eigenvalue weighted by molar-refractivity contribution is 5.69. The molecule has 114 valence electrons. The molecule has 1 aliphatic heterocycles. The van der Waals surface area contributed by atoms with Crippen LogP contribution in [0.15, 0.2) is 18.5 Å². The normalized spacial score (nSPS) is 16.8. The molecule has 0 bridgehead atoms. The topological polar surface area (TPSA) is 45.5 Å². The third-order valence-electron chi connectivity index (χ3n) is 4.30. The molecule has 1 fully saturated rings. The van der Waals surface area contributed by atoms with E-state index in [4.69, 9.17) is 0 Å². The molecule has 3 rings (SSSR count). The Morgan fingerprint density at radius 1 is 1.38 bits per heavy atom. The van der Waals surface area contributed by atoms with Crippen molar-refractivity contribution < 1.29 is 0 Å². The summed E-state index contributed by atoms with van der Waals surface area (Å²) in [5.41, 5.74) is 2.15. The maximum absolute atomic E-state index is 4.66. The minimum atomic E-state index is 0.439. The Labute approximate surface area is 126 Å². The number of piperidine rings is 1. The van der Waals surface area contributed by atoms with Crippen molar-refractivity contribution in [3.05, 3.63) is 24.2 Å². The summed E-state index contributed by atoms with van der Waals surface area (Å²) < 4.78 is 1.94. The fourth-order valence-corrected chi connectivity index (χ4v) is 3.14. The predicted octanol–water partition coefficient (Wildman–Crippen LogP) is 2.25. The molecule has 0 spiro atoms. The summed E-state index contributed by atoms with van der Waals surface area (Å²) >= 11 is 0. The molecule has 0 atom stereocenters. The van der Waals surface area contributed by atoms with E-state index in [1.807, 2.05) is 23.8 Å². The first kappa shape index (κ1) is 14.3. The van der Waals surface area contributed by atoms with Gasteiger partial charge in [-0.15, -0.1) is 0 Å². The molecule has 5 nitrogen and oxygen atoms in total. The van der Waals surface area contributed by atoms with Gasteiger partial charge >= 0.3 is 0 Å². The molecule has 0 saturated carbocycles. The van der Waals surface area contributed by atoms with Gasteiger partial charge in [-0.2, -0.15) is 5.10 Å². The van der Waals surface area contributed by atoms with Gasteiger partial charge in [-0.3, -0.25) is 0 Å². The Hall–Kier alpha value is -1.62. The van der Waals surface area contributed by atoms with Gasteiger partial charge in [0.15, 0.2) is 5.82 Å². The van der Waals surface area contributed by atoms with Crippen LogP contribution in [0.2, 0.25) is 0 Å². The molecule has 3 heterocycles. The van der Waals surface area contributed by atoms with Crippen molar-refractivity contribution in [2.75, 3.05) is 24.5 Å². The molecule has 1 saturated heterocycles. The van der Waals surface area contributed by atoms with Crippen LogP contribution >= 0.6 is 0 Å². The lowest BCUT2D eigenvalue weighted by atomic mass is 9.97. The van der Waals surface area contributed by atoms with Crippen molar-refractivity contribution in [2.24, 2.45) is 5.92 Å². The first-order chi connectivity index (χ1) is 10.1. The lowest BCUT2D eigenvalue weighted by Crippen LogP contribution is -2.40. The Kier molecular flexibility index (Phi) is 4.10. The number of nitrogens with zero attached hydrogens (tertiary/aromatic N) is 4. The maximum atomic E-state index is 4.66. The highest BCUT2D eigenvalue weighted by Crippen LogP contribution is 2.24. The van der Waals surface area contributed by atoms with E-state index in [1.165, 1.54) is 12.8 Å². The number of fused-ring (bicyclic) bond motifs is 1. The van der Waals surface area contributed by atoms with Crippen LogP contribution in [-0.4, -0.2) is 40.3 Å². The van der Waals surface area contributed by atoms with Crippen LogP contribution in [0.3, 0.4) is 0 Å². The minimum Gasteiger partial charge on any atom is -0.352 e. The molecule has 0 unspecified atom stereocenters. The van der Waals surface area contributed by atoms with Crippen molar-refractivity contribution in [3.63, 3.8) is 0 Å². The fraction of sp³-hybridized carbons (Fsp3) is 0.625. The highest BCUT2D eigenvalue weighted by Gasteiger charge is 2.22. The van der Waals surface area contributed by atoms with Crippen LogP contribution in [-0.2, 0) is 0 Å². The highest BCUT2D eigenvalue weighted by atomic mass is 15.3. The summed E-state index contributed by atoms with van der Waals surface area (Å²) in [6, 6.07) is 2.56. The van der Waals surface area contributed by atoms with Crippen molar-refractivity contribution in [3.8, 4) is 0 Å². The van der Waals surface area contributed by atoms with Crippen molar-refractivity contribution in [2.45, 2.75) is 39.7 Å². The van der Waals surface area contributed by atoms with E-state index in [1.54, 1.807) is 0 Å². The quantitative estimate of drug-likeness (QED) is 0.937.